The smallest absolute Gasteiger partial charge is 0.269 e. The summed E-state index contributed by atoms with van der Waals surface area (Å²) < 4.78 is 6.77. The van der Waals surface area contributed by atoms with E-state index in [1.165, 1.54) is 28.5 Å². The lowest BCUT2D eigenvalue weighted by Crippen LogP contribution is -2.27. The Kier molecular flexibility index (Phi) is 7.88. The summed E-state index contributed by atoms with van der Waals surface area (Å²) in [5.41, 5.74) is 2.04. The van der Waals surface area contributed by atoms with Crippen LogP contribution in [-0.4, -0.2) is 34.0 Å². The van der Waals surface area contributed by atoms with Crippen LogP contribution >= 0.6 is 11.8 Å². The normalized spacial score (nSPS) is 11.0. The third-order valence-corrected chi connectivity index (χ3v) is 6.63. The Morgan fingerprint density at radius 3 is 2.43 bits per heavy atom. The van der Waals surface area contributed by atoms with Crippen LogP contribution in [0.4, 0.5) is 5.69 Å². The molecule has 1 aromatic heterocycles. The molecule has 0 saturated heterocycles. The monoisotopic (exact) mass is 518 g/mol. The highest BCUT2D eigenvalue weighted by Crippen LogP contribution is 2.26. The van der Waals surface area contributed by atoms with E-state index in [1.54, 1.807) is 61.7 Å². The summed E-state index contributed by atoms with van der Waals surface area (Å²) >= 11 is 1.33. The van der Waals surface area contributed by atoms with Gasteiger partial charge < -0.3 is 10.1 Å². The number of methoxy groups -OCH3 is 1. The third-order valence-electron chi connectivity index (χ3n) is 5.62. The predicted molar refractivity (Wildman–Crippen MR) is 144 cm³/mol. The van der Waals surface area contributed by atoms with E-state index in [1.807, 2.05) is 13.8 Å². The van der Waals surface area contributed by atoms with E-state index < -0.39 is 4.92 Å². The number of rotatable bonds is 9. The topological polar surface area (TPSA) is 116 Å². The molecule has 0 spiro atoms. The van der Waals surface area contributed by atoms with Gasteiger partial charge in [-0.1, -0.05) is 37.7 Å². The Labute approximate surface area is 217 Å². The SMILES string of the molecule is COc1ccc(-n2c(SCc3ccc([N+](=O)[O-])cc3)nc3cc(C(=O)NCC(C)C)ccc3c2=O)cc1. The second-order valence-electron chi connectivity index (χ2n) is 8.78. The molecule has 1 heterocycles. The van der Waals surface area contributed by atoms with Crippen molar-refractivity contribution < 1.29 is 14.5 Å². The molecule has 10 heteroatoms. The standard InChI is InChI=1S/C27H26N4O5S/c1-17(2)15-28-25(32)19-6-13-23-24(14-19)29-27(37-16-18-4-7-21(8-5-18)31(34)35)30(26(23)33)20-9-11-22(36-3)12-10-20/h4-14,17H,15-16H2,1-3H3,(H,28,32). The first-order valence-electron chi connectivity index (χ1n) is 11.6. The van der Waals surface area contributed by atoms with E-state index in [2.05, 4.69) is 5.32 Å². The number of non-ortho nitro benzene ring substituents is 1. The first-order valence-corrected chi connectivity index (χ1v) is 12.6. The molecule has 0 radical (unpaired) electrons. The van der Waals surface area contributed by atoms with Crippen LogP contribution in [0.1, 0.15) is 29.8 Å². The van der Waals surface area contributed by atoms with Crippen LogP contribution in [0, 0.1) is 16.0 Å². The maximum atomic E-state index is 13.6. The average molecular weight is 519 g/mol. The fourth-order valence-corrected chi connectivity index (χ4v) is 4.59. The number of nitrogens with one attached hydrogen (secondary N) is 1. The Hall–Kier alpha value is -4.18. The second-order valence-corrected chi connectivity index (χ2v) is 9.72. The van der Waals surface area contributed by atoms with Crippen molar-refractivity contribution in [3.63, 3.8) is 0 Å². The van der Waals surface area contributed by atoms with E-state index in [4.69, 9.17) is 9.72 Å². The number of fused-ring (bicyclic) bond motifs is 1. The van der Waals surface area contributed by atoms with Gasteiger partial charge in [-0.2, -0.15) is 0 Å². The fourth-order valence-electron chi connectivity index (χ4n) is 3.62. The number of ether oxygens (including phenoxy) is 1. The molecule has 1 N–H and O–H groups in total. The molecule has 0 aliphatic heterocycles. The molecule has 9 nitrogen and oxygen atoms in total. The van der Waals surface area contributed by atoms with Crippen LogP contribution in [0.2, 0.25) is 0 Å². The number of carbonyl (C=O) groups is 1. The van der Waals surface area contributed by atoms with Gasteiger partial charge in [-0.05, 0) is 53.9 Å². The van der Waals surface area contributed by atoms with Crippen molar-refractivity contribution in [3.05, 3.63) is 98.3 Å². The number of thioether (sulfide) groups is 1. The minimum Gasteiger partial charge on any atom is -0.497 e. The Balaban J connectivity index is 1.75. The van der Waals surface area contributed by atoms with E-state index in [0.29, 0.717) is 51.3 Å². The molecule has 4 rings (SSSR count). The fraction of sp³-hybridized carbons (Fsp3) is 0.222. The third kappa shape index (κ3) is 5.97. The molecular formula is C27H26N4O5S. The number of benzene rings is 3. The Bertz CT molecular complexity index is 1500. The van der Waals surface area contributed by atoms with Crippen molar-refractivity contribution >= 4 is 34.3 Å². The number of hydrogen-bond acceptors (Lipinski definition) is 7. The predicted octanol–water partition coefficient (Wildman–Crippen LogP) is 4.98. The van der Waals surface area contributed by atoms with E-state index in [9.17, 15) is 19.7 Å². The summed E-state index contributed by atoms with van der Waals surface area (Å²) in [6, 6.07) is 18.2. The molecule has 0 aliphatic rings. The van der Waals surface area contributed by atoms with Crippen LogP contribution in [0.5, 0.6) is 5.75 Å². The molecule has 0 aliphatic carbocycles. The molecule has 0 unspecified atom stereocenters. The quantitative estimate of drug-likeness (QED) is 0.144. The van der Waals surface area contributed by atoms with E-state index in [-0.39, 0.29) is 17.2 Å². The summed E-state index contributed by atoms with van der Waals surface area (Å²) in [5.74, 6) is 1.17. The van der Waals surface area contributed by atoms with Crippen LogP contribution < -0.4 is 15.6 Å². The highest BCUT2D eigenvalue weighted by atomic mass is 32.2. The lowest BCUT2D eigenvalue weighted by atomic mass is 10.1. The summed E-state index contributed by atoms with van der Waals surface area (Å²) in [7, 11) is 1.57. The lowest BCUT2D eigenvalue weighted by molar-refractivity contribution is -0.384. The molecule has 4 aromatic rings. The molecule has 0 bridgehead atoms. The number of carbonyl (C=O) groups excluding carboxylic acids is 1. The zero-order valence-electron chi connectivity index (χ0n) is 20.6. The van der Waals surface area contributed by atoms with Crippen molar-refractivity contribution in [2.45, 2.75) is 24.8 Å². The molecular weight excluding hydrogens is 492 g/mol. The number of hydrogen-bond donors (Lipinski definition) is 1. The first-order chi connectivity index (χ1) is 17.8. The van der Waals surface area contributed by atoms with Crippen LogP contribution in [0.15, 0.2) is 76.7 Å². The second kappa shape index (κ2) is 11.3. The summed E-state index contributed by atoms with van der Waals surface area (Å²) in [6.45, 7) is 4.57. The van der Waals surface area contributed by atoms with Gasteiger partial charge in [0.15, 0.2) is 5.16 Å². The number of nitrogens with zero attached hydrogens (tertiary/aromatic N) is 3. The average Bonchev–Trinajstić information content (AvgIpc) is 2.90. The number of nitro benzene ring substituents is 1. The number of amides is 1. The molecule has 3 aromatic carbocycles. The van der Waals surface area contributed by atoms with Gasteiger partial charge in [0.05, 0.1) is 28.6 Å². The minimum atomic E-state index is -0.446. The Morgan fingerprint density at radius 2 is 1.81 bits per heavy atom. The van der Waals surface area contributed by atoms with Crippen LogP contribution in [0.3, 0.4) is 0 Å². The van der Waals surface area contributed by atoms with E-state index in [0.717, 1.165) is 5.56 Å². The van der Waals surface area contributed by atoms with Crippen molar-refractivity contribution in [1.82, 2.24) is 14.9 Å². The van der Waals surface area contributed by atoms with Gasteiger partial charge in [0.1, 0.15) is 5.75 Å². The largest absolute Gasteiger partial charge is 0.497 e. The van der Waals surface area contributed by atoms with Crippen molar-refractivity contribution in [1.29, 1.82) is 0 Å². The van der Waals surface area contributed by atoms with Crippen molar-refractivity contribution in [2.75, 3.05) is 13.7 Å². The van der Waals surface area contributed by atoms with Gasteiger partial charge in [-0.3, -0.25) is 24.3 Å². The van der Waals surface area contributed by atoms with E-state index >= 15 is 0 Å². The van der Waals surface area contributed by atoms with Gasteiger partial charge in [0, 0.05) is 30.0 Å². The van der Waals surface area contributed by atoms with Gasteiger partial charge in [0.2, 0.25) is 0 Å². The molecule has 0 saturated carbocycles. The van der Waals surface area contributed by atoms with Crippen molar-refractivity contribution in [3.8, 4) is 11.4 Å². The summed E-state index contributed by atoms with van der Waals surface area (Å²) in [4.78, 5) is 41.5. The maximum absolute atomic E-state index is 13.6. The van der Waals surface area contributed by atoms with Gasteiger partial charge in [-0.15, -0.1) is 0 Å². The zero-order chi connectivity index (χ0) is 26.5. The highest BCUT2D eigenvalue weighted by Gasteiger charge is 2.16. The minimum absolute atomic E-state index is 0.0102. The van der Waals surface area contributed by atoms with Gasteiger partial charge in [0.25, 0.3) is 17.2 Å². The maximum Gasteiger partial charge on any atom is 0.269 e. The highest BCUT2D eigenvalue weighted by molar-refractivity contribution is 7.98. The Morgan fingerprint density at radius 1 is 1.11 bits per heavy atom. The first kappa shape index (κ1) is 25.9. The van der Waals surface area contributed by atoms with Crippen LogP contribution in [0.25, 0.3) is 16.6 Å². The molecule has 1 amide bonds. The number of aromatic nitrogens is 2. The number of nitro groups is 1. The lowest BCUT2D eigenvalue weighted by Gasteiger charge is -2.14. The summed E-state index contributed by atoms with van der Waals surface area (Å²) in [6.07, 6.45) is 0. The molecule has 0 atom stereocenters. The molecule has 37 heavy (non-hydrogen) atoms. The zero-order valence-corrected chi connectivity index (χ0v) is 21.5. The molecule has 0 fully saturated rings. The molecule has 190 valence electrons. The van der Waals surface area contributed by atoms with Crippen LogP contribution in [-0.2, 0) is 5.75 Å². The van der Waals surface area contributed by atoms with Gasteiger partial charge in [-0.25, -0.2) is 4.98 Å². The van der Waals surface area contributed by atoms with Gasteiger partial charge >= 0.3 is 0 Å². The van der Waals surface area contributed by atoms with Crippen molar-refractivity contribution in [2.24, 2.45) is 5.92 Å². The summed E-state index contributed by atoms with van der Waals surface area (Å²) in [5, 5.41) is 14.7.